The Bertz CT molecular complexity index is 353. The van der Waals surface area contributed by atoms with E-state index in [1.165, 1.54) is 4.88 Å². The van der Waals surface area contributed by atoms with Gasteiger partial charge in [-0.1, -0.05) is 6.07 Å². The Morgan fingerprint density at radius 2 is 2.59 bits per heavy atom. The zero-order chi connectivity index (χ0) is 12.1. The molecule has 4 nitrogen and oxygen atoms in total. The second kappa shape index (κ2) is 6.14. The van der Waals surface area contributed by atoms with Gasteiger partial charge in [-0.15, -0.1) is 11.3 Å². The highest BCUT2D eigenvalue weighted by molar-refractivity contribution is 7.09. The summed E-state index contributed by atoms with van der Waals surface area (Å²) in [5.41, 5.74) is 0. The number of amides is 1. The van der Waals surface area contributed by atoms with E-state index in [9.17, 15) is 4.79 Å². The number of nitrogens with zero attached hydrogens (tertiary/aromatic N) is 1. The fourth-order valence-electron chi connectivity index (χ4n) is 2.01. The van der Waals surface area contributed by atoms with Crippen molar-refractivity contribution in [1.82, 2.24) is 15.5 Å². The van der Waals surface area contributed by atoms with Crippen molar-refractivity contribution >= 4 is 17.2 Å². The predicted octanol–water partition coefficient (Wildman–Crippen LogP) is 0.658. The molecule has 1 fully saturated rings. The van der Waals surface area contributed by atoms with Crippen LogP contribution in [0.25, 0.3) is 0 Å². The molecule has 2 rings (SSSR count). The van der Waals surface area contributed by atoms with Gasteiger partial charge >= 0.3 is 0 Å². The number of nitrogens with one attached hydrogen (secondary N) is 2. The van der Waals surface area contributed by atoms with Crippen LogP contribution in [0.2, 0.25) is 0 Å². The molecule has 0 aliphatic carbocycles. The molecule has 0 bridgehead atoms. The molecule has 1 atom stereocenters. The molecule has 1 unspecified atom stereocenters. The summed E-state index contributed by atoms with van der Waals surface area (Å²) in [6.07, 6.45) is 0. The van der Waals surface area contributed by atoms with E-state index in [0.717, 1.165) is 19.6 Å². The van der Waals surface area contributed by atoms with E-state index in [2.05, 4.69) is 22.5 Å². The molecule has 0 saturated carbocycles. The summed E-state index contributed by atoms with van der Waals surface area (Å²) in [5.74, 6) is 0.118. The monoisotopic (exact) mass is 253 g/mol. The van der Waals surface area contributed by atoms with Crippen molar-refractivity contribution in [1.29, 1.82) is 0 Å². The van der Waals surface area contributed by atoms with Crippen LogP contribution in [-0.4, -0.2) is 43.0 Å². The van der Waals surface area contributed by atoms with Crippen LogP contribution in [0.5, 0.6) is 0 Å². The Labute approximate surface area is 106 Å². The molecule has 1 saturated heterocycles. The SMILES string of the molecule is CC1CN(CC(=O)NCc2cccs2)CCN1. The molecule has 1 aliphatic rings. The molecule has 17 heavy (non-hydrogen) atoms. The average molecular weight is 253 g/mol. The Morgan fingerprint density at radius 1 is 1.71 bits per heavy atom. The third-order valence-corrected chi connectivity index (χ3v) is 3.74. The molecule has 94 valence electrons. The fourth-order valence-corrected chi connectivity index (χ4v) is 2.66. The van der Waals surface area contributed by atoms with Gasteiger partial charge in [0.2, 0.25) is 5.91 Å². The first-order valence-corrected chi connectivity index (χ1v) is 6.87. The quantitative estimate of drug-likeness (QED) is 0.828. The maximum atomic E-state index is 11.7. The molecule has 2 heterocycles. The van der Waals surface area contributed by atoms with E-state index in [4.69, 9.17) is 0 Å². The number of rotatable bonds is 4. The number of carbonyl (C=O) groups excluding carboxylic acids is 1. The van der Waals surface area contributed by atoms with Gasteiger partial charge in [0.05, 0.1) is 13.1 Å². The lowest BCUT2D eigenvalue weighted by atomic mass is 10.2. The van der Waals surface area contributed by atoms with Crippen LogP contribution in [-0.2, 0) is 11.3 Å². The lowest BCUT2D eigenvalue weighted by Gasteiger charge is -2.31. The first-order valence-electron chi connectivity index (χ1n) is 5.99. The molecule has 0 radical (unpaired) electrons. The average Bonchev–Trinajstić information content (AvgIpc) is 2.79. The molecule has 1 aromatic rings. The van der Waals surface area contributed by atoms with Gasteiger partial charge in [0.25, 0.3) is 0 Å². The van der Waals surface area contributed by atoms with Gasteiger partial charge < -0.3 is 10.6 Å². The smallest absolute Gasteiger partial charge is 0.234 e. The van der Waals surface area contributed by atoms with Crippen LogP contribution in [0.3, 0.4) is 0 Å². The van der Waals surface area contributed by atoms with Crippen LogP contribution < -0.4 is 10.6 Å². The maximum absolute atomic E-state index is 11.7. The van der Waals surface area contributed by atoms with Crippen molar-refractivity contribution in [3.63, 3.8) is 0 Å². The van der Waals surface area contributed by atoms with Crippen LogP contribution in [0.1, 0.15) is 11.8 Å². The third-order valence-electron chi connectivity index (χ3n) is 2.86. The van der Waals surface area contributed by atoms with E-state index in [0.29, 0.717) is 19.1 Å². The predicted molar refractivity (Wildman–Crippen MR) is 70.1 cm³/mol. The van der Waals surface area contributed by atoms with Crippen LogP contribution in [0.15, 0.2) is 17.5 Å². The van der Waals surface area contributed by atoms with E-state index >= 15 is 0 Å². The van der Waals surface area contributed by atoms with Gasteiger partial charge in [-0.3, -0.25) is 9.69 Å². The van der Waals surface area contributed by atoms with Crippen molar-refractivity contribution in [3.8, 4) is 0 Å². The molecule has 1 aromatic heterocycles. The summed E-state index contributed by atoms with van der Waals surface area (Å²) >= 11 is 1.67. The number of hydrogen-bond donors (Lipinski definition) is 2. The Kier molecular flexibility index (Phi) is 4.53. The third kappa shape index (κ3) is 4.11. The van der Waals surface area contributed by atoms with Crippen molar-refractivity contribution in [2.75, 3.05) is 26.2 Å². The van der Waals surface area contributed by atoms with E-state index < -0.39 is 0 Å². The topological polar surface area (TPSA) is 44.4 Å². The zero-order valence-electron chi connectivity index (χ0n) is 10.1. The summed E-state index contributed by atoms with van der Waals surface area (Å²) in [5, 5.41) is 8.35. The second-order valence-electron chi connectivity index (χ2n) is 4.45. The van der Waals surface area contributed by atoms with Gasteiger partial charge in [0.1, 0.15) is 0 Å². The molecular weight excluding hydrogens is 234 g/mol. The minimum Gasteiger partial charge on any atom is -0.350 e. The minimum absolute atomic E-state index is 0.118. The zero-order valence-corrected chi connectivity index (χ0v) is 10.9. The Balaban J connectivity index is 1.70. The molecule has 1 amide bonds. The minimum atomic E-state index is 0.118. The van der Waals surface area contributed by atoms with Crippen molar-refractivity contribution < 1.29 is 4.79 Å². The summed E-state index contributed by atoms with van der Waals surface area (Å²) in [6, 6.07) is 4.52. The molecule has 0 spiro atoms. The van der Waals surface area contributed by atoms with Crippen LogP contribution in [0.4, 0.5) is 0 Å². The second-order valence-corrected chi connectivity index (χ2v) is 5.48. The molecular formula is C12H19N3OS. The van der Waals surface area contributed by atoms with Crippen LogP contribution in [0, 0.1) is 0 Å². The van der Waals surface area contributed by atoms with E-state index in [-0.39, 0.29) is 5.91 Å². The summed E-state index contributed by atoms with van der Waals surface area (Å²) in [7, 11) is 0. The number of carbonyl (C=O) groups is 1. The molecule has 0 aromatic carbocycles. The summed E-state index contributed by atoms with van der Waals surface area (Å²) < 4.78 is 0. The molecule has 1 aliphatic heterocycles. The van der Waals surface area contributed by atoms with Crippen molar-refractivity contribution in [3.05, 3.63) is 22.4 Å². The normalized spacial score (nSPS) is 21.4. The first-order chi connectivity index (χ1) is 8.24. The largest absolute Gasteiger partial charge is 0.350 e. The van der Waals surface area contributed by atoms with Gasteiger partial charge in [0.15, 0.2) is 0 Å². The number of thiophene rings is 1. The molecule has 2 N–H and O–H groups in total. The number of hydrogen-bond acceptors (Lipinski definition) is 4. The summed E-state index contributed by atoms with van der Waals surface area (Å²) in [6.45, 7) is 6.19. The summed E-state index contributed by atoms with van der Waals surface area (Å²) in [4.78, 5) is 15.1. The lowest BCUT2D eigenvalue weighted by molar-refractivity contribution is -0.122. The number of piperazine rings is 1. The van der Waals surface area contributed by atoms with Crippen molar-refractivity contribution in [2.24, 2.45) is 0 Å². The molecule has 5 heteroatoms. The Morgan fingerprint density at radius 3 is 3.29 bits per heavy atom. The van der Waals surface area contributed by atoms with Crippen LogP contribution >= 0.6 is 11.3 Å². The van der Waals surface area contributed by atoms with Gasteiger partial charge in [-0.2, -0.15) is 0 Å². The highest BCUT2D eigenvalue weighted by atomic mass is 32.1. The highest BCUT2D eigenvalue weighted by Gasteiger charge is 2.17. The standard InChI is InChI=1S/C12H19N3OS/c1-10-8-15(5-4-13-10)9-12(16)14-7-11-3-2-6-17-11/h2-3,6,10,13H,4-5,7-9H2,1H3,(H,14,16). The fraction of sp³-hybridized carbons (Fsp3) is 0.583. The van der Waals surface area contributed by atoms with Gasteiger partial charge in [-0.25, -0.2) is 0 Å². The van der Waals surface area contributed by atoms with E-state index in [1.54, 1.807) is 11.3 Å². The maximum Gasteiger partial charge on any atom is 0.234 e. The van der Waals surface area contributed by atoms with Gasteiger partial charge in [0, 0.05) is 30.6 Å². The Hall–Kier alpha value is -0.910. The highest BCUT2D eigenvalue weighted by Crippen LogP contribution is 2.07. The first kappa shape index (κ1) is 12.5. The van der Waals surface area contributed by atoms with E-state index in [1.807, 2.05) is 17.5 Å². The lowest BCUT2D eigenvalue weighted by Crippen LogP contribution is -2.51. The van der Waals surface area contributed by atoms with Crippen molar-refractivity contribution in [2.45, 2.75) is 19.5 Å². The van der Waals surface area contributed by atoms with Gasteiger partial charge in [-0.05, 0) is 18.4 Å².